The van der Waals surface area contributed by atoms with Crippen LogP contribution in [-0.4, -0.2) is 23.4 Å². The molecule has 0 aliphatic carbocycles. The van der Waals surface area contributed by atoms with E-state index in [1.807, 2.05) is 11.0 Å². The van der Waals surface area contributed by atoms with Gasteiger partial charge < -0.3 is 4.90 Å². The topological polar surface area (TPSA) is 32.3 Å². The maximum absolute atomic E-state index is 12.6. The fourth-order valence-corrected chi connectivity index (χ4v) is 2.83. The van der Waals surface area contributed by atoms with E-state index in [-0.39, 0.29) is 18.1 Å². The van der Waals surface area contributed by atoms with Crippen LogP contribution < -0.4 is 5.32 Å². The molecule has 1 N–H and O–H groups in total. The van der Waals surface area contributed by atoms with E-state index >= 15 is 0 Å². The van der Waals surface area contributed by atoms with Crippen LogP contribution in [0.5, 0.6) is 0 Å². The molecule has 3 nitrogen and oxygen atoms in total. The Morgan fingerprint density at radius 3 is 2.60 bits per heavy atom. The van der Waals surface area contributed by atoms with Crippen LogP contribution in [-0.2, 0) is 4.79 Å². The van der Waals surface area contributed by atoms with Crippen LogP contribution in [0.4, 0.5) is 0 Å². The number of carbonyl (C=O) groups is 1. The first-order chi connectivity index (χ1) is 9.56. The largest absolute Gasteiger partial charge is 0.322 e. The molecule has 1 amide bonds. The molecule has 110 valence electrons. The normalized spacial score (nSPS) is 22.9. The number of unbranched alkanes of at least 4 members (excludes halogenated alkanes) is 1. The zero-order valence-corrected chi connectivity index (χ0v) is 13.0. The zero-order chi connectivity index (χ0) is 14.7. The van der Waals surface area contributed by atoms with Gasteiger partial charge in [0, 0.05) is 6.54 Å². The van der Waals surface area contributed by atoms with Crippen molar-refractivity contribution in [2.45, 2.75) is 52.7 Å². The number of benzene rings is 1. The van der Waals surface area contributed by atoms with E-state index in [9.17, 15) is 4.79 Å². The molecule has 0 spiro atoms. The maximum Gasteiger partial charge on any atom is 0.241 e. The summed E-state index contributed by atoms with van der Waals surface area (Å²) in [7, 11) is 0. The zero-order valence-electron chi connectivity index (χ0n) is 13.0. The number of nitrogens with zero attached hydrogens (tertiary/aromatic N) is 1. The van der Waals surface area contributed by atoms with Crippen molar-refractivity contribution in [2.75, 3.05) is 6.54 Å². The average Bonchev–Trinajstić information content (AvgIpc) is 2.74. The van der Waals surface area contributed by atoms with Gasteiger partial charge in [-0.1, -0.05) is 51.5 Å². The van der Waals surface area contributed by atoms with Gasteiger partial charge in [-0.2, -0.15) is 0 Å². The van der Waals surface area contributed by atoms with Crippen molar-refractivity contribution in [3.8, 4) is 0 Å². The Balaban J connectivity index is 2.29. The van der Waals surface area contributed by atoms with Crippen LogP contribution in [0.1, 0.15) is 50.9 Å². The molecule has 3 heteroatoms. The summed E-state index contributed by atoms with van der Waals surface area (Å²) in [5.41, 5.74) is 2.46. The van der Waals surface area contributed by atoms with Gasteiger partial charge in [-0.15, -0.1) is 0 Å². The highest BCUT2D eigenvalue weighted by Gasteiger charge is 2.40. The molecule has 0 bridgehead atoms. The second kappa shape index (κ2) is 6.40. The maximum atomic E-state index is 12.6. The van der Waals surface area contributed by atoms with Crippen LogP contribution in [0.3, 0.4) is 0 Å². The van der Waals surface area contributed by atoms with Crippen LogP contribution in [0.15, 0.2) is 24.3 Å². The highest BCUT2D eigenvalue weighted by atomic mass is 16.2. The molecule has 1 aliphatic heterocycles. The Bertz CT molecular complexity index is 470. The average molecular weight is 274 g/mol. The van der Waals surface area contributed by atoms with Crippen molar-refractivity contribution in [3.05, 3.63) is 35.4 Å². The first-order valence-electron chi connectivity index (χ1n) is 7.68. The summed E-state index contributed by atoms with van der Waals surface area (Å²) >= 11 is 0. The smallest absolute Gasteiger partial charge is 0.241 e. The third-order valence-electron chi connectivity index (χ3n) is 4.10. The standard InChI is InChI=1S/C17H26N2O/c1-5-6-11-19-16(14-10-8-7-9-13(14)4)18-15(12(2)3)17(19)20/h7-10,12,15-16,18H,5-6,11H2,1-4H3. The molecule has 0 radical (unpaired) electrons. The summed E-state index contributed by atoms with van der Waals surface area (Å²) in [5.74, 6) is 0.572. The van der Waals surface area contributed by atoms with Gasteiger partial charge >= 0.3 is 0 Å². The molecule has 1 aromatic carbocycles. The lowest BCUT2D eigenvalue weighted by Gasteiger charge is -2.25. The van der Waals surface area contributed by atoms with Crippen molar-refractivity contribution in [1.82, 2.24) is 10.2 Å². The molecule has 1 aliphatic rings. The first-order valence-corrected chi connectivity index (χ1v) is 7.68. The van der Waals surface area contributed by atoms with Crippen LogP contribution in [0, 0.1) is 12.8 Å². The van der Waals surface area contributed by atoms with E-state index in [4.69, 9.17) is 0 Å². The molecule has 1 aromatic rings. The van der Waals surface area contributed by atoms with E-state index in [1.165, 1.54) is 11.1 Å². The van der Waals surface area contributed by atoms with E-state index in [0.717, 1.165) is 19.4 Å². The highest BCUT2D eigenvalue weighted by molar-refractivity contribution is 5.85. The Kier molecular flexibility index (Phi) is 4.81. The van der Waals surface area contributed by atoms with Crippen LogP contribution in [0.25, 0.3) is 0 Å². The summed E-state index contributed by atoms with van der Waals surface area (Å²) in [6, 6.07) is 8.28. The first kappa shape index (κ1) is 15.0. The van der Waals surface area contributed by atoms with E-state index in [2.05, 4.69) is 51.2 Å². The Morgan fingerprint density at radius 1 is 1.30 bits per heavy atom. The molecule has 2 unspecified atom stereocenters. The Morgan fingerprint density at radius 2 is 2.00 bits per heavy atom. The van der Waals surface area contributed by atoms with E-state index in [0.29, 0.717) is 5.92 Å². The number of amides is 1. The van der Waals surface area contributed by atoms with Crippen molar-refractivity contribution in [3.63, 3.8) is 0 Å². The monoisotopic (exact) mass is 274 g/mol. The van der Waals surface area contributed by atoms with Crippen LogP contribution >= 0.6 is 0 Å². The molecular formula is C17H26N2O. The minimum atomic E-state index is -0.0588. The third-order valence-corrected chi connectivity index (χ3v) is 4.10. The van der Waals surface area contributed by atoms with Crippen molar-refractivity contribution in [1.29, 1.82) is 0 Å². The van der Waals surface area contributed by atoms with Gasteiger partial charge in [0.2, 0.25) is 5.91 Å². The molecule has 2 rings (SSSR count). The summed E-state index contributed by atoms with van der Waals surface area (Å²) in [6.07, 6.45) is 2.19. The minimum absolute atomic E-state index is 0.0302. The molecule has 1 heterocycles. The number of nitrogens with one attached hydrogen (secondary N) is 1. The quantitative estimate of drug-likeness (QED) is 0.894. The summed E-state index contributed by atoms with van der Waals surface area (Å²) < 4.78 is 0. The predicted molar refractivity (Wildman–Crippen MR) is 82.3 cm³/mol. The molecule has 20 heavy (non-hydrogen) atoms. The molecule has 0 aromatic heterocycles. The molecular weight excluding hydrogens is 248 g/mol. The number of aryl methyl sites for hydroxylation is 1. The Hall–Kier alpha value is -1.35. The van der Waals surface area contributed by atoms with Crippen molar-refractivity contribution >= 4 is 5.91 Å². The van der Waals surface area contributed by atoms with E-state index in [1.54, 1.807) is 0 Å². The molecule has 0 saturated carbocycles. The fourth-order valence-electron chi connectivity index (χ4n) is 2.83. The second-order valence-corrected chi connectivity index (χ2v) is 6.03. The SMILES string of the molecule is CCCCN1C(=O)C(C(C)C)NC1c1ccccc1C. The van der Waals surface area contributed by atoms with Gasteiger partial charge in [0.15, 0.2) is 0 Å². The lowest BCUT2D eigenvalue weighted by Crippen LogP contribution is -2.34. The van der Waals surface area contributed by atoms with Gasteiger partial charge in [0.1, 0.15) is 6.17 Å². The van der Waals surface area contributed by atoms with Gasteiger partial charge in [0.25, 0.3) is 0 Å². The summed E-state index contributed by atoms with van der Waals surface area (Å²) in [4.78, 5) is 14.6. The van der Waals surface area contributed by atoms with E-state index < -0.39 is 0 Å². The Labute approximate surface area is 122 Å². The number of rotatable bonds is 5. The van der Waals surface area contributed by atoms with Gasteiger partial charge in [0.05, 0.1) is 6.04 Å². The summed E-state index contributed by atoms with van der Waals surface area (Å²) in [6.45, 7) is 9.32. The van der Waals surface area contributed by atoms with Crippen LogP contribution in [0.2, 0.25) is 0 Å². The highest BCUT2D eigenvalue weighted by Crippen LogP contribution is 2.30. The minimum Gasteiger partial charge on any atom is -0.322 e. The van der Waals surface area contributed by atoms with Gasteiger partial charge in [-0.25, -0.2) is 0 Å². The van der Waals surface area contributed by atoms with Crippen molar-refractivity contribution < 1.29 is 4.79 Å². The lowest BCUT2D eigenvalue weighted by atomic mass is 10.0. The second-order valence-electron chi connectivity index (χ2n) is 6.03. The third kappa shape index (κ3) is 2.88. The van der Waals surface area contributed by atoms with Crippen molar-refractivity contribution in [2.24, 2.45) is 5.92 Å². The fraction of sp³-hybridized carbons (Fsp3) is 0.588. The predicted octanol–water partition coefficient (Wildman–Crippen LogP) is 3.25. The summed E-state index contributed by atoms with van der Waals surface area (Å²) in [5, 5.41) is 3.53. The molecule has 1 fully saturated rings. The number of hydrogen-bond acceptors (Lipinski definition) is 2. The lowest BCUT2D eigenvalue weighted by molar-refractivity contribution is -0.130. The number of hydrogen-bond donors (Lipinski definition) is 1. The molecule has 2 atom stereocenters. The van der Waals surface area contributed by atoms with Gasteiger partial charge in [-0.3, -0.25) is 10.1 Å². The molecule has 1 saturated heterocycles. The van der Waals surface area contributed by atoms with Gasteiger partial charge in [-0.05, 0) is 30.4 Å². The number of carbonyl (C=O) groups excluding carboxylic acids is 1.